The summed E-state index contributed by atoms with van der Waals surface area (Å²) in [7, 11) is 0. The van der Waals surface area contributed by atoms with Gasteiger partial charge in [-0.1, -0.05) is 55.7 Å². The van der Waals surface area contributed by atoms with E-state index in [1.54, 1.807) is 0 Å². The first kappa shape index (κ1) is 18.5. The highest BCUT2D eigenvalue weighted by Crippen LogP contribution is 2.40. The van der Waals surface area contributed by atoms with E-state index in [4.69, 9.17) is 0 Å². The number of rotatable bonds is 4. The Bertz CT molecular complexity index is 686. The standard InChI is InChI=1S/C21H27N3O2/c1-2-6-15-9-11-16(12-10-15)20-18(13-22)24(19(20)14-25)21(26)23-17-7-4-3-5-8-17/h2,6,9-12,17-20,25H,3-5,7-8,14H2,1H3,(H,23,26)/b6-2+/t18-,19+,20+/m0/s1. The zero-order chi connectivity index (χ0) is 18.5. The molecule has 1 saturated carbocycles. The van der Waals surface area contributed by atoms with Crippen molar-refractivity contribution in [1.82, 2.24) is 10.2 Å². The topological polar surface area (TPSA) is 76.4 Å². The Morgan fingerprint density at radius 2 is 2.00 bits per heavy atom. The molecule has 26 heavy (non-hydrogen) atoms. The Labute approximate surface area is 155 Å². The van der Waals surface area contributed by atoms with Crippen LogP contribution in [0.4, 0.5) is 4.79 Å². The molecule has 0 bridgehead atoms. The van der Waals surface area contributed by atoms with Crippen LogP contribution in [-0.4, -0.2) is 40.8 Å². The minimum absolute atomic E-state index is 0.141. The maximum Gasteiger partial charge on any atom is 0.319 e. The fraction of sp³-hybridized carbons (Fsp3) is 0.524. The fourth-order valence-electron chi connectivity index (χ4n) is 4.20. The molecule has 138 valence electrons. The van der Waals surface area contributed by atoms with Crippen LogP contribution < -0.4 is 5.32 Å². The summed E-state index contributed by atoms with van der Waals surface area (Å²) >= 11 is 0. The zero-order valence-corrected chi connectivity index (χ0v) is 15.3. The SMILES string of the molecule is C/C=C/c1ccc([C@H]2[C@@H](CO)N(C(=O)NC3CCCCC3)[C@H]2C#N)cc1. The van der Waals surface area contributed by atoms with Crippen molar-refractivity contribution < 1.29 is 9.90 Å². The van der Waals surface area contributed by atoms with Crippen molar-refractivity contribution in [3.8, 4) is 6.07 Å². The van der Waals surface area contributed by atoms with Crippen molar-refractivity contribution in [2.45, 2.75) is 63.1 Å². The van der Waals surface area contributed by atoms with Crippen LogP contribution in [0.5, 0.6) is 0 Å². The molecule has 0 radical (unpaired) electrons. The number of nitrogens with zero attached hydrogens (tertiary/aromatic N) is 2. The van der Waals surface area contributed by atoms with Gasteiger partial charge in [0.05, 0.1) is 18.7 Å². The minimum atomic E-state index is -0.539. The average molecular weight is 353 g/mol. The molecule has 2 N–H and O–H groups in total. The summed E-state index contributed by atoms with van der Waals surface area (Å²) in [4.78, 5) is 14.2. The van der Waals surface area contributed by atoms with Crippen LogP contribution in [0.3, 0.4) is 0 Å². The molecule has 0 aromatic heterocycles. The molecule has 3 rings (SSSR count). The van der Waals surface area contributed by atoms with Crippen LogP contribution in [0, 0.1) is 11.3 Å². The third-order valence-electron chi connectivity index (χ3n) is 5.58. The Morgan fingerprint density at radius 3 is 2.58 bits per heavy atom. The predicted octanol–water partition coefficient (Wildman–Crippen LogP) is 3.41. The Balaban J connectivity index is 1.72. The second-order valence-corrected chi connectivity index (χ2v) is 7.21. The summed E-state index contributed by atoms with van der Waals surface area (Å²) in [6.45, 7) is 1.83. The first-order chi connectivity index (χ1) is 12.7. The molecule has 0 unspecified atom stereocenters. The summed E-state index contributed by atoms with van der Waals surface area (Å²) in [5, 5.41) is 22.5. The molecule has 1 aromatic rings. The number of carbonyl (C=O) groups is 1. The van der Waals surface area contributed by atoms with Gasteiger partial charge in [0, 0.05) is 12.0 Å². The Morgan fingerprint density at radius 1 is 1.31 bits per heavy atom. The maximum absolute atomic E-state index is 12.7. The van der Waals surface area contributed by atoms with Crippen molar-refractivity contribution >= 4 is 12.1 Å². The molecule has 5 heteroatoms. The molecule has 3 atom stereocenters. The van der Waals surface area contributed by atoms with E-state index in [9.17, 15) is 15.2 Å². The van der Waals surface area contributed by atoms with Crippen LogP contribution in [-0.2, 0) is 0 Å². The van der Waals surface area contributed by atoms with Crippen LogP contribution in [0.1, 0.15) is 56.1 Å². The molecule has 2 aliphatic rings. The van der Waals surface area contributed by atoms with Gasteiger partial charge in [0.2, 0.25) is 0 Å². The number of allylic oxidation sites excluding steroid dienone is 1. The zero-order valence-electron chi connectivity index (χ0n) is 15.3. The second-order valence-electron chi connectivity index (χ2n) is 7.21. The van der Waals surface area contributed by atoms with E-state index in [1.807, 2.05) is 43.3 Å². The summed E-state index contributed by atoms with van der Waals surface area (Å²) in [5.41, 5.74) is 2.09. The van der Waals surface area contributed by atoms with Gasteiger partial charge in [-0.3, -0.25) is 0 Å². The molecule has 1 heterocycles. The van der Waals surface area contributed by atoms with Crippen molar-refractivity contribution in [2.75, 3.05) is 6.61 Å². The number of hydrogen-bond acceptors (Lipinski definition) is 3. The van der Waals surface area contributed by atoms with Crippen LogP contribution >= 0.6 is 0 Å². The molecular weight excluding hydrogens is 326 g/mol. The van der Waals surface area contributed by atoms with E-state index >= 15 is 0 Å². The fourth-order valence-corrected chi connectivity index (χ4v) is 4.20. The van der Waals surface area contributed by atoms with Crippen molar-refractivity contribution in [3.05, 3.63) is 41.5 Å². The monoisotopic (exact) mass is 353 g/mol. The van der Waals surface area contributed by atoms with Gasteiger partial charge in [-0.2, -0.15) is 5.26 Å². The lowest BCUT2D eigenvalue weighted by Crippen LogP contribution is -2.67. The molecule has 1 aliphatic heterocycles. The number of amides is 2. The highest BCUT2D eigenvalue weighted by Gasteiger charge is 2.51. The number of hydrogen-bond donors (Lipinski definition) is 2. The smallest absolute Gasteiger partial charge is 0.319 e. The first-order valence-corrected chi connectivity index (χ1v) is 9.51. The number of aliphatic hydroxyl groups excluding tert-OH is 1. The molecule has 1 aromatic carbocycles. The second kappa shape index (κ2) is 8.37. The van der Waals surface area contributed by atoms with Crippen LogP contribution in [0.2, 0.25) is 0 Å². The minimum Gasteiger partial charge on any atom is -0.394 e. The molecule has 1 aliphatic carbocycles. The van der Waals surface area contributed by atoms with E-state index in [0.717, 1.165) is 36.8 Å². The third kappa shape index (κ3) is 3.61. The number of nitrogens with one attached hydrogen (secondary N) is 1. The molecule has 2 fully saturated rings. The molecule has 0 spiro atoms. The van der Waals surface area contributed by atoms with Gasteiger partial charge >= 0.3 is 6.03 Å². The number of urea groups is 1. The van der Waals surface area contributed by atoms with E-state index in [2.05, 4.69) is 11.4 Å². The summed E-state index contributed by atoms with van der Waals surface area (Å²) in [6, 6.07) is 9.33. The van der Waals surface area contributed by atoms with E-state index in [1.165, 1.54) is 11.3 Å². The van der Waals surface area contributed by atoms with E-state index < -0.39 is 6.04 Å². The van der Waals surface area contributed by atoms with E-state index in [-0.39, 0.29) is 30.6 Å². The van der Waals surface area contributed by atoms with Gasteiger partial charge in [0.25, 0.3) is 0 Å². The number of likely N-dealkylation sites (tertiary alicyclic amines) is 1. The predicted molar refractivity (Wildman–Crippen MR) is 101 cm³/mol. The lowest BCUT2D eigenvalue weighted by Gasteiger charge is -2.51. The van der Waals surface area contributed by atoms with E-state index in [0.29, 0.717) is 0 Å². The van der Waals surface area contributed by atoms with Crippen molar-refractivity contribution in [1.29, 1.82) is 5.26 Å². The number of benzene rings is 1. The van der Waals surface area contributed by atoms with Crippen LogP contribution in [0.25, 0.3) is 6.08 Å². The highest BCUT2D eigenvalue weighted by molar-refractivity contribution is 5.77. The molecular formula is C21H27N3O2. The summed E-state index contributed by atoms with van der Waals surface area (Å²) < 4.78 is 0. The number of aliphatic hydroxyl groups is 1. The van der Waals surface area contributed by atoms with Gasteiger partial charge in [-0.05, 0) is 30.9 Å². The first-order valence-electron chi connectivity index (χ1n) is 9.51. The summed E-state index contributed by atoms with van der Waals surface area (Å²) in [6.07, 6.45) is 9.48. The molecule has 5 nitrogen and oxygen atoms in total. The Hall–Kier alpha value is -2.32. The van der Waals surface area contributed by atoms with Gasteiger partial charge in [0.1, 0.15) is 6.04 Å². The Kier molecular flexibility index (Phi) is 5.95. The molecule has 1 saturated heterocycles. The average Bonchev–Trinajstić information content (AvgIpc) is 2.64. The number of carbonyl (C=O) groups excluding carboxylic acids is 1. The van der Waals surface area contributed by atoms with Crippen molar-refractivity contribution in [3.63, 3.8) is 0 Å². The largest absolute Gasteiger partial charge is 0.394 e. The maximum atomic E-state index is 12.7. The third-order valence-corrected chi connectivity index (χ3v) is 5.58. The van der Waals surface area contributed by atoms with Crippen molar-refractivity contribution in [2.24, 2.45) is 0 Å². The lowest BCUT2D eigenvalue weighted by molar-refractivity contribution is 0.0153. The highest BCUT2D eigenvalue weighted by atomic mass is 16.3. The van der Waals surface area contributed by atoms with Gasteiger partial charge in [0.15, 0.2) is 0 Å². The number of nitriles is 1. The van der Waals surface area contributed by atoms with Gasteiger partial charge in [-0.15, -0.1) is 0 Å². The van der Waals surface area contributed by atoms with Gasteiger partial charge in [-0.25, -0.2) is 4.79 Å². The normalized spacial score (nSPS) is 26.3. The summed E-state index contributed by atoms with van der Waals surface area (Å²) in [5.74, 6) is -0.151. The lowest BCUT2D eigenvalue weighted by atomic mass is 9.76. The molecule has 2 amide bonds. The van der Waals surface area contributed by atoms with Crippen LogP contribution in [0.15, 0.2) is 30.3 Å². The quantitative estimate of drug-likeness (QED) is 0.871. The van der Waals surface area contributed by atoms with Gasteiger partial charge < -0.3 is 15.3 Å².